The summed E-state index contributed by atoms with van der Waals surface area (Å²) in [5.74, 6) is -0.826. The number of hydrogen-bond acceptors (Lipinski definition) is 2. The van der Waals surface area contributed by atoms with E-state index >= 15 is 0 Å². The standard InChI is InChI=1S/C17H17ClFNO/c1-11(17(20)12-5-3-2-4-6-12)16(21)10-13-9-14(19)7-8-15(13)18/h2-9,11,17H,10,20H2,1H3. The van der Waals surface area contributed by atoms with Gasteiger partial charge in [0.1, 0.15) is 11.6 Å². The molecule has 0 bridgehead atoms. The SMILES string of the molecule is CC(C(=O)Cc1cc(F)ccc1Cl)C(N)c1ccccc1. The van der Waals surface area contributed by atoms with Gasteiger partial charge in [-0.25, -0.2) is 4.39 Å². The fourth-order valence-corrected chi connectivity index (χ4v) is 2.38. The molecule has 2 rings (SSSR count). The van der Waals surface area contributed by atoms with Gasteiger partial charge in [0.25, 0.3) is 0 Å². The van der Waals surface area contributed by atoms with Gasteiger partial charge in [0, 0.05) is 23.4 Å². The number of benzene rings is 2. The molecule has 0 heterocycles. The maximum absolute atomic E-state index is 13.2. The van der Waals surface area contributed by atoms with Crippen molar-refractivity contribution in [3.8, 4) is 0 Å². The van der Waals surface area contributed by atoms with Gasteiger partial charge in [0.2, 0.25) is 0 Å². The van der Waals surface area contributed by atoms with Crippen LogP contribution in [0.4, 0.5) is 4.39 Å². The average molecular weight is 306 g/mol. The van der Waals surface area contributed by atoms with Crippen molar-refractivity contribution < 1.29 is 9.18 Å². The molecular weight excluding hydrogens is 289 g/mol. The van der Waals surface area contributed by atoms with Gasteiger partial charge in [-0.1, -0.05) is 48.9 Å². The minimum Gasteiger partial charge on any atom is -0.323 e. The molecule has 2 aromatic rings. The first-order chi connectivity index (χ1) is 9.99. The highest BCUT2D eigenvalue weighted by Gasteiger charge is 2.22. The average Bonchev–Trinajstić information content (AvgIpc) is 2.50. The Morgan fingerprint density at radius 3 is 2.57 bits per heavy atom. The minimum atomic E-state index is -0.401. The van der Waals surface area contributed by atoms with Crippen molar-refractivity contribution in [2.75, 3.05) is 0 Å². The Bertz CT molecular complexity index is 630. The quantitative estimate of drug-likeness (QED) is 0.909. The van der Waals surface area contributed by atoms with Crippen LogP contribution in [0, 0.1) is 11.7 Å². The third-order valence-electron chi connectivity index (χ3n) is 3.60. The summed E-state index contributed by atoms with van der Waals surface area (Å²) in [5, 5.41) is 0.394. The molecule has 110 valence electrons. The predicted octanol–water partition coefficient (Wildman–Crippen LogP) is 3.93. The molecule has 0 saturated heterocycles. The third kappa shape index (κ3) is 3.90. The molecule has 0 spiro atoms. The molecule has 0 radical (unpaired) electrons. The van der Waals surface area contributed by atoms with Gasteiger partial charge < -0.3 is 5.73 Å². The molecular formula is C17H17ClFNO. The number of ketones is 1. The van der Waals surface area contributed by atoms with Crippen LogP contribution in [0.5, 0.6) is 0 Å². The molecule has 2 atom stereocenters. The van der Waals surface area contributed by atoms with Crippen molar-refractivity contribution in [1.29, 1.82) is 0 Å². The summed E-state index contributed by atoms with van der Waals surface area (Å²) < 4.78 is 13.2. The van der Waals surface area contributed by atoms with Crippen molar-refractivity contribution >= 4 is 17.4 Å². The summed E-state index contributed by atoms with van der Waals surface area (Å²) in [6.07, 6.45) is 0.0816. The molecule has 0 saturated carbocycles. The second kappa shape index (κ2) is 6.83. The van der Waals surface area contributed by atoms with Crippen LogP contribution >= 0.6 is 11.6 Å². The van der Waals surface area contributed by atoms with E-state index < -0.39 is 5.82 Å². The predicted molar refractivity (Wildman–Crippen MR) is 82.7 cm³/mol. The van der Waals surface area contributed by atoms with Gasteiger partial charge in [0.15, 0.2) is 0 Å². The first-order valence-electron chi connectivity index (χ1n) is 6.76. The van der Waals surface area contributed by atoms with Gasteiger partial charge in [-0.2, -0.15) is 0 Å². The lowest BCUT2D eigenvalue weighted by molar-refractivity contribution is -0.122. The van der Waals surface area contributed by atoms with E-state index in [1.165, 1.54) is 18.2 Å². The van der Waals surface area contributed by atoms with Crippen LogP contribution in [-0.2, 0) is 11.2 Å². The van der Waals surface area contributed by atoms with Gasteiger partial charge in [0.05, 0.1) is 0 Å². The Kier molecular flexibility index (Phi) is 5.10. The maximum Gasteiger partial charge on any atom is 0.142 e. The fourth-order valence-electron chi connectivity index (χ4n) is 2.19. The number of hydrogen-bond donors (Lipinski definition) is 1. The normalized spacial score (nSPS) is 13.7. The van der Waals surface area contributed by atoms with E-state index in [9.17, 15) is 9.18 Å². The van der Waals surface area contributed by atoms with Crippen molar-refractivity contribution in [3.05, 3.63) is 70.5 Å². The van der Waals surface area contributed by atoms with Crippen LogP contribution in [-0.4, -0.2) is 5.78 Å². The highest BCUT2D eigenvalue weighted by molar-refractivity contribution is 6.31. The van der Waals surface area contributed by atoms with E-state index in [0.29, 0.717) is 10.6 Å². The molecule has 2 N–H and O–H groups in total. The van der Waals surface area contributed by atoms with Crippen LogP contribution in [0.25, 0.3) is 0 Å². The summed E-state index contributed by atoms with van der Waals surface area (Å²) >= 11 is 5.99. The molecule has 0 aliphatic heterocycles. The zero-order valence-electron chi connectivity index (χ0n) is 11.7. The fraction of sp³-hybridized carbons (Fsp3) is 0.235. The van der Waals surface area contributed by atoms with E-state index in [2.05, 4.69) is 0 Å². The Balaban J connectivity index is 2.11. The summed E-state index contributed by atoms with van der Waals surface area (Å²) in [5.41, 5.74) is 7.53. The smallest absolute Gasteiger partial charge is 0.142 e. The first kappa shape index (κ1) is 15.7. The Morgan fingerprint density at radius 2 is 1.90 bits per heavy atom. The largest absolute Gasteiger partial charge is 0.323 e. The summed E-state index contributed by atoms with van der Waals surface area (Å²) in [6, 6.07) is 13.1. The van der Waals surface area contributed by atoms with Gasteiger partial charge >= 0.3 is 0 Å². The van der Waals surface area contributed by atoms with Crippen LogP contribution in [0.1, 0.15) is 24.1 Å². The first-order valence-corrected chi connectivity index (χ1v) is 7.14. The Hall–Kier alpha value is -1.71. The monoisotopic (exact) mass is 305 g/mol. The lowest BCUT2D eigenvalue weighted by Gasteiger charge is -2.19. The summed E-state index contributed by atoms with van der Waals surface area (Å²) in [7, 11) is 0. The Morgan fingerprint density at radius 1 is 1.24 bits per heavy atom. The van der Waals surface area contributed by atoms with E-state index in [1.54, 1.807) is 6.92 Å². The van der Waals surface area contributed by atoms with Crippen LogP contribution in [0.3, 0.4) is 0 Å². The molecule has 0 amide bonds. The third-order valence-corrected chi connectivity index (χ3v) is 3.97. The summed E-state index contributed by atoms with van der Waals surface area (Å²) in [6.45, 7) is 1.78. The highest BCUT2D eigenvalue weighted by atomic mass is 35.5. The maximum atomic E-state index is 13.2. The molecule has 0 aliphatic carbocycles. The minimum absolute atomic E-state index is 0.0566. The molecule has 2 unspecified atom stereocenters. The number of nitrogens with two attached hydrogens (primary N) is 1. The number of carbonyl (C=O) groups is 1. The lowest BCUT2D eigenvalue weighted by atomic mass is 9.89. The van der Waals surface area contributed by atoms with Gasteiger partial charge in [-0.3, -0.25) is 4.79 Å². The summed E-state index contributed by atoms with van der Waals surface area (Å²) in [4.78, 5) is 12.3. The Labute approximate surface area is 128 Å². The second-order valence-electron chi connectivity index (χ2n) is 5.10. The molecule has 2 aromatic carbocycles. The number of rotatable bonds is 5. The van der Waals surface area contributed by atoms with Gasteiger partial charge in [-0.15, -0.1) is 0 Å². The zero-order valence-corrected chi connectivity index (χ0v) is 12.5. The van der Waals surface area contributed by atoms with Crippen molar-refractivity contribution in [1.82, 2.24) is 0 Å². The number of Topliss-reactive ketones (excluding diaryl/α,β-unsaturated/α-hetero) is 1. The van der Waals surface area contributed by atoms with E-state index in [0.717, 1.165) is 5.56 Å². The lowest BCUT2D eigenvalue weighted by Crippen LogP contribution is -2.27. The molecule has 21 heavy (non-hydrogen) atoms. The second-order valence-corrected chi connectivity index (χ2v) is 5.51. The van der Waals surface area contributed by atoms with E-state index in [4.69, 9.17) is 17.3 Å². The topological polar surface area (TPSA) is 43.1 Å². The van der Waals surface area contributed by atoms with E-state index in [-0.39, 0.29) is 24.2 Å². The highest BCUT2D eigenvalue weighted by Crippen LogP contribution is 2.24. The van der Waals surface area contributed by atoms with E-state index in [1.807, 2.05) is 30.3 Å². The molecule has 2 nitrogen and oxygen atoms in total. The molecule has 0 fully saturated rings. The number of halogens is 2. The van der Waals surface area contributed by atoms with Crippen molar-refractivity contribution in [2.45, 2.75) is 19.4 Å². The van der Waals surface area contributed by atoms with Gasteiger partial charge in [-0.05, 0) is 29.3 Å². The van der Waals surface area contributed by atoms with Crippen molar-refractivity contribution in [3.63, 3.8) is 0 Å². The van der Waals surface area contributed by atoms with Crippen molar-refractivity contribution in [2.24, 2.45) is 11.7 Å². The zero-order chi connectivity index (χ0) is 15.4. The van der Waals surface area contributed by atoms with Crippen LogP contribution in [0.2, 0.25) is 5.02 Å². The van der Waals surface area contributed by atoms with Crippen LogP contribution in [0.15, 0.2) is 48.5 Å². The molecule has 4 heteroatoms. The van der Waals surface area contributed by atoms with Crippen LogP contribution < -0.4 is 5.73 Å². The molecule has 0 aliphatic rings. The number of carbonyl (C=O) groups excluding carboxylic acids is 1. The molecule has 0 aromatic heterocycles.